The molecule has 2 rings (SSSR count). The van der Waals surface area contributed by atoms with Crippen molar-refractivity contribution in [3.05, 3.63) is 64.2 Å². The van der Waals surface area contributed by atoms with Gasteiger partial charge in [0.1, 0.15) is 6.10 Å². The van der Waals surface area contributed by atoms with E-state index in [0.717, 1.165) is 6.07 Å². The molecule has 0 saturated carbocycles. The molecule has 3 N–H and O–H groups in total. The van der Waals surface area contributed by atoms with E-state index in [2.05, 4.69) is 0 Å². The fraction of sp³-hybridized carbons (Fsp3) is 0.0769. The quantitative estimate of drug-likeness (QED) is 0.822. The Labute approximate surface area is 108 Å². The number of aliphatic hydroxyl groups excluding tert-OH is 1. The normalized spacial score (nSPS) is 12.4. The van der Waals surface area contributed by atoms with Crippen LogP contribution in [0.1, 0.15) is 17.2 Å². The van der Waals surface area contributed by atoms with E-state index in [9.17, 15) is 13.9 Å². The van der Waals surface area contributed by atoms with E-state index in [-0.39, 0.29) is 16.8 Å². The molecule has 0 bridgehead atoms. The van der Waals surface area contributed by atoms with Gasteiger partial charge in [-0.2, -0.15) is 0 Å². The predicted molar refractivity (Wildman–Crippen MR) is 66.3 cm³/mol. The molecular weight excluding hydrogens is 260 g/mol. The first kappa shape index (κ1) is 12.8. The summed E-state index contributed by atoms with van der Waals surface area (Å²) in [4.78, 5) is 0. The van der Waals surface area contributed by atoms with Crippen molar-refractivity contribution < 1.29 is 13.9 Å². The zero-order chi connectivity index (χ0) is 13.3. The Morgan fingerprint density at radius 2 is 1.83 bits per heavy atom. The van der Waals surface area contributed by atoms with Crippen LogP contribution in [0.5, 0.6) is 0 Å². The van der Waals surface area contributed by atoms with Gasteiger partial charge in [0.2, 0.25) is 0 Å². The highest BCUT2D eigenvalue weighted by molar-refractivity contribution is 6.30. The average molecular weight is 270 g/mol. The molecule has 2 aromatic rings. The molecule has 5 heteroatoms. The smallest absolute Gasteiger partial charge is 0.164 e. The van der Waals surface area contributed by atoms with Crippen molar-refractivity contribution in [2.75, 3.05) is 5.73 Å². The highest BCUT2D eigenvalue weighted by atomic mass is 35.5. The van der Waals surface area contributed by atoms with Gasteiger partial charge in [-0.1, -0.05) is 23.7 Å². The van der Waals surface area contributed by atoms with Gasteiger partial charge in [-0.25, -0.2) is 8.78 Å². The number of aliphatic hydroxyl groups is 1. The second-order valence-corrected chi connectivity index (χ2v) is 4.26. The minimum absolute atomic E-state index is 0.177. The Morgan fingerprint density at radius 3 is 2.56 bits per heavy atom. The number of halogens is 3. The number of rotatable bonds is 2. The van der Waals surface area contributed by atoms with Gasteiger partial charge in [0.05, 0.1) is 0 Å². The second kappa shape index (κ2) is 4.92. The summed E-state index contributed by atoms with van der Waals surface area (Å²) in [6.45, 7) is 0. The van der Waals surface area contributed by atoms with Crippen LogP contribution < -0.4 is 5.73 Å². The largest absolute Gasteiger partial charge is 0.398 e. The number of hydrogen-bond donors (Lipinski definition) is 2. The standard InChI is InChI=1S/C13H10ClF2NO/c14-7-4-5-11(17)9(6-7)13(18)8-2-1-3-10(15)12(8)16/h1-6,13,18H,17H2/t13-/m1/s1. The summed E-state index contributed by atoms with van der Waals surface area (Å²) < 4.78 is 26.7. The Kier molecular flexibility index (Phi) is 3.50. The molecule has 0 heterocycles. The fourth-order valence-corrected chi connectivity index (χ4v) is 1.86. The number of benzene rings is 2. The van der Waals surface area contributed by atoms with Crippen LogP contribution in [0.25, 0.3) is 0 Å². The highest BCUT2D eigenvalue weighted by Gasteiger charge is 2.19. The van der Waals surface area contributed by atoms with Crippen LogP contribution in [0.2, 0.25) is 5.02 Å². The van der Waals surface area contributed by atoms with Crippen LogP contribution in [0.15, 0.2) is 36.4 Å². The zero-order valence-corrected chi connectivity index (χ0v) is 9.96. The van der Waals surface area contributed by atoms with E-state index in [1.54, 1.807) is 6.07 Å². The summed E-state index contributed by atoms with van der Waals surface area (Å²) in [6.07, 6.45) is -1.36. The molecule has 0 radical (unpaired) electrons. The van der Waals surface area contributed by atoms with Crippen LogP contribution in [0, 0.1) is 11.6 Å². The van der Waals surface area contributed by atoms with Gasteiger partial charge >= 0.3 is 0 Å². The van der Waals surface area contributed by atoms with Crippen molar-refractivity contribution in [3.8, 4) is 0 Å². The van der Waals surface area contributed by atoms with Crippen LogP contribution in [-0.2, 0) is 0 Å². The van der Waals surface area contributed by atoms with Gasteiger partial charge in [0.15, 0.2) is 11.6 Å². The van der Waals surface area contributed by atoms with Crippen molar-refractivity contribution in [2.45, 2.75) is 6.10 Å². The summed E-state index contributed by atoms with van der Waals surface area (Å²) in [5.41, 5.74) is 6.01. The van der Waals surface area contributed by atoms with Crippen molar-refractivity contribution in [1.29, 1.82) is 0 Å². The lowest BCUT2D eigenvalue weighted by Gasteiger charge is -2.15. The van der Waals surface area contributed by atoms with E-state index < -0.39 is 17.7 Å². The molecule has 0 aliphatic rings. The zero-order valence-electron chi connectivity index (χ0n) is 9.20. The first-order valence-electron chi connectivity index (χ1n) is 5.17. The molecule has 2 aromatic carbocycles. The van der Waals surface area contributed by atoms with Crippen molar-refractivity contribution in [3.63, 3.8) is 0 Å². The van der Waals surface area contributed by atoms with Gasteiger partial charge in [-0.3, -0.25) is 0 Å². The summed E-state index contributed by atoms with van der Waals surface area (Å²) in [7, 11) is 0. The van der Waals surface area contributed by atoms with E-state index in [1.165, 1.54) is 24.3 Å². The molecule has 0 fully saturated rings. The molecule has 2 nitrogen and oxygen atoms in total. The monoisotopic (exact) mass is 269 g/mol. The molecule has 0 unspecified atom stereocenters. The lowest BCUT2D eigenvalue weighted by atomic mass is 9.99. The van der Waals surface area contributed by atoms with Crippen molar-refractivity contribution in [1.82, 2.24) is 0 Å². The predicted octanol–water partition coefficient (Wildman–Crippen LogP) is 3.28. The van der Waals surface area contributed by atoms with Crippen LogP contribution in [0.3, 0.4) is 0 Å². The Bertz CT molecular complexity index is 587. The summed E-state index contributed by atoms with van der Waals surface area (Å²) in [5, 5.41) is 10.4. The summed E-state index contributed by atoms with van der Waals surface area (Å²) >= 11 is 5.78. The third-order valence-electron chi connectivity index (χ3n) is 2.62. The number of anilines is 1. The van der Waals surface area contributed by atoms with Crippen LogP contribution >= 0.6 is 11.6 Å². The second-order valence-electron chi connectivity index (χ2n) is 3.82. The minimum atomic E-state index is -1.36. The van der Waals surface area contributed by atoms with Gasteiger partial charge < -0.3 is 10.8 Å². The summed E-state index contributed by atoms with van der Waals surface area (Å²) in [6, 6.07) is 8.06. The van der Waals surface area contributed by atoms with Gasteiger partial charge in [0, 0.05) is 21.8 Å². The van der Waals surface area contributed by atoms with Crippen LogP contribution in [-0.4, -0.2) is 5.11 Å². The molecule has 0 spiro atoms. The first-order valence-corrected chi connectivity index (χ1v) is 5.55. The molecule has 0 amide bonds. The maximum Gasteiger partial charge on any atom is 0.164 e. The van der Waals surface area contributed by atoms with E-state index in [1.807, 2.05) is 0 Å². The Morgan fingerprint density at radius 1 is 1.11 bits per heavy atom. The van der Waals surface area contributed by atoms with Crippen molar-refractivity contribution >= 4 is 17.3 Å². The molecule has 0 aliphatic carbocycles. The molecule has 0 aromatic heterocycles. The minimum Gasteiger partial charge on any atom is -0.398 e. The number of hydrogen-bond acceptors (Lipinski definition) is 2. The van der Waals surface area contributed by atoms with Gasteiger partial charge in [-0.15, -0.1) is 0 Å². The third-order valence-corrected chi connectivity index (χ3v) is 2.85. The van der Waals surface area contributed by atoms with Gasteiger partial charge in [0.25, 0.3) is 0 Å². The maximum atomic E-state index is 13.6. The van der Waals surface area contributed by atoms with Crippen LogP contribution in [0.4, 0.5) is 14.5 Å². The number of nitrogens with two attached hydrogens (primary N) is 1. The number of nitrogen functional groups attached to an aromatic ring is 1. The molecule has 0 saturated heterocycles. The topological polar surface area (TPSA) is 46.2 Å². The lowest BCUT2D eigenvalue weighted by molar-refractivity contribution is 0.214. The molecule has 94 valence electrons. The fourth-order valence-electron chi connectivity index (χ4n) is 1.68. The van der Waals surface area contributed by atoms with Crippen molar-refractivity contribution in [2.24, 2.45) is 0 Å². The Hall–Kier alpha value is -1.65. The summed E-state index contributed by atoms with van der Waals surface area (Å²) in [5.74, 6) is -2.11. The third kappa shape index (κ3) is 2.30. The Balaban J connectivity index is 2.51. The van der Waals surface area contributed by atoms with E-state index in [0.29, 0.717) is 5.02 Å². The SMILES string of the molecule is Nc1ccc(Cl)cc1[C@H](O)c1cccc(F)c1F. The highest BCUT2D eigenvalue weighted by Crippen LogP contribution is 2.30. The molecular formula is C13H10ClF2NO. The first-order chi connectivity index (χ1) is 8.50. The van der Waals surface area contributed by atoms with E-state index >= 15 is 0 Å². The lowest BCUT2D eigenvalue weighted by Crippen LogP contribution is -2.07. The molecule has 1 atom stereocenters. The molecule has 18 heavy (non-hydrogen) atoms. The van der Waals surface area contributed by atoms with Gasteiger partial charge in [-0.05, 0) is 24.3 Å². The van der Waals surface area contributed by atoms with E-state index in [4.69, 9.17) is 17.3 Å². The maximum absolute atomic E-state index is 13.6. The average Bonchev–Trinajstić information content (AvgIpc) is 2.35. The molecule has 0 aliphatic heterocycles.